The third-order valence-corrected chi connectivity index (χ3v) is 8.55. The molecule has 1 fully saturated rings. The number of carbonyl (C=O) groups excluding carboxylic acids is 3. The van der Waals surface area contributed by atoms with Crippen LogP contribution in [-0.2, 0) is 29.0 Å². The molecule has 1 aliphatic heterocycles. The number of nitrogens with zero attached hydrogens (tertiary/aromatic N) is 2. The van der Waals surface area contributed by atoms with E-state index in [2.05, 4.69) is 28.7 Å². The van der Waals surface area contributed by atoms with E-state index in [4.69, 9.17) is 9.26 Å². The first-order valence-corrected chi connectivity index (χ1v) is 14.7. The lowest BCUT2D eigenvalue weighted by atomic mass is 9.87. The Hall–Kier alpha value is -4.72. The highest BCUT2D eigenvalue weighted by Crippen LogP contribution is 2.47. The molecule has 43 heavy (non-hydrogen) atoms. The Labute approximate surface area is 251 Å². The summed E-state index contributed by atoms with van der Waals surface area (Å²) in [5, 5.41) is 7.06. The van der Waals surface area contributed by atoms with Crippen LogP contribution in [0.3, 0.4) is 0 Å². The number of rotatable bonds is 8. The van der Waals surface area contributed by atoms with Crippen LogP contribution in [0.5, 0.6) is 0 Å². The molecule has 2 amide bonds. The molecule has 3 aromatic carbocycles. The van der Waals surface area contributed by atoms with Crippen LogP contribution >= 0.6 is 0 Å². The van der Waals surface area contributed by atoms with Gasteiger partial charge < -0.3 is 19.5 Å². The number of hydrogen-bond donors (Lipinski definition) is 1. The molecule has 1 aliphatic carbocycles. The molecule has 0 bridgehead atoms. The zero-order chi connectivity index (χ0) is 30.1. The second-order valence-electron chi connectivity index (χ2n) is 11.6. The number of esters is 1. The Bertz CT molecular complexity index is 1680. The molecule has 2 unspecified atom stereocenters. The first-order chi connectivity index (χ1) is 20.9. The number of nitrogens with one attached hydrogen (secondary N) is 1. The van der Waals surface area contributed by atoms with Crippen LogP contribution < -0.4 is 5.32 Å². The summed E-state index contributed by atoms with van der Waals surface area (Å²) in [5.74, 6) is 0.371. The minimum absolute atomic E-state index is 0.0279. The Morgan fingerprint density at radius 3 is 2.63 bits per heavy atom. The molecular weight excluding hydrogens is 542 g/mol. The average Bonchev–Trinajstić information content (AvgIpc) is 3.70. The van der Waals surface area contributed by atoms with Gasteiger partial charge in [-0.2, -0.15) is 0 Å². The quantitative estimate of drug-likeness (QED) is 0.263. The molecule has 2 heterocycles. The highest BCUT2D eigenvalue weighted by atomic mass is 16.5. The van der Waals surface area contributed by atoms with E-state index < -0.39 is 5.97 Å². The van der Waals surface area contributed by atoms with Crippen molar-refractivity contribution in [3.63, 3.8) is 0 Å². The van der Waals surface area contributed by atoms with E-state index in [1.54, 1.807) is 6.07 Å². The van der Waals surface area contributed by atoms with E-state index in [0.29, 0.717) is 42.9 Å². The van der Waals surface area contributed by atoms with E-state index >= 15 is 0 Å². The van der Waals surface area contributed by atoms with Crippen LogP contribution in [0.15, 0.2) is 77.4 Å². The van der Waals surface area contributed by atoms with Gasteiger partial charge in [-0.05, 0) is 64.3 Å². The predicted octanol–water partition coefficient (Wildman–Crippen LogP) is 5.87. The third-order valence-electron chi connectivity index (χ3n) is 8.55. The van der Waals surface area contributed by atoms with Crippen LogP contribution in [0.4, 0.5) is 0 Å². The fourth-order valence-electron chi connectivity index (χ4n) is 6.14. The normalized spacial score (nSPS) is 17.3. The second kappa shape index (κ2) is 11.9. The zero-order valence-corrected chi connectivity index (χ0v) is 24.6. The summed E-state index contributed by atoms with van der Waals surface area (Å²) in [7, 11) is 1.37. The van der Waals surface area contributed by atoms with Gasteiger partial charge in [0.05, 0.1) is 18.9 Å². The molecule has 0 saturated heterocycles. The van der Waals surface area contributed by atoms with Gasteiger partial charge in [0, 0.05) is 31.5 Å². The Kier molecular flexibility index (Phi) is 7.84. The van der Waals surface area contributed by atoms with E-state index in [-0.39, 0.29) is 29.6 Å². The van der Waals surface area contributed by atoms with Crippen molar-refractivity contribution < 1.29 is 23.6 Å². The summed E-state index contributed by atoms with van der Waals surface area (Å²) < 4.78 is 10.3. The maximum atomic E-state index is 13.7. The van der Waals surface area contributed by atoms with Gasteiger partial charge in [-0.15, -0.1) is 0 Å². The zero-order valence-electron chi connectivity index (χ0n) is 24.6. The lowest BCUT2D eigenvalue weighted by Gasteiger charge is -2.32. The number of methoxy groups -OCH3 is 1. The number of fused-ring (bicyclic) bond motifs is 1. The molecule has 0 radical (unpaired) electrons. The van der Waals surface area contributed by atoms with Gasteiger partial charge >= 0.3 is 5.97 Å². The van der Waals surface area contributed by atoms with Crippen molar-refractivity contribution >= 4 is 17.8 Å². The topological polar surface area (TPSA) is 102 Å². The van der Waals surface area contributed by atoms with E-state index in [0.717, 1.165) is 34.2 Å². The van der Waals surface area contributed by atoms with Gasteiger partial charge in [0.15, 0.2) is 5.76 Å². The molecular formula is C35H35N3O5. The minimum atomic E-state index is -0.393. The number of carbonyl (C=O) groups is 3. The van der Waals surface area contributed by atoms with Crippen LogP contribution in [0.25, 0.3) is 11.1 Å². The fourth-order valence-corrected chi connectivity index (χ4v) is 6.14. The van der Waals surface area contributed by atoms with Crippen molar-refractivity contribution in [3.8, 4) is 11.1 Å². The molecule has 2 atom stereocenters. The number of amides is 2. The summed E-state index contributed by atoms with van der Waals surface area (Å²) in [4.78, 5) is 40.9. The van der Waals surface area contributed by atoms with Crippen molar-refractivity contribution in [1.82, 2.24) is 15.4 Å². The summed E-state index contributed by atoms with van der Waals surface area (Å²) >= 11 is 0. The first-order valence-electron chi connectivity index (χ1n) is 14.7. The molecule has 8 heteroatoms. The molecule has 0 spiro atoms. The van der Waals surface area contributed by atoms with Gasteiger partial charge in [-0.3, -0.25) is 9.59 Å². The molecule has 8 nitrogen and oxygen atoms in total. The molecule has 220 valence electrons. The number of aromatic nitrogens is 1. The average molecular weight is 578 g/mol. The van der Waals surface area contributed by atoms with Gasteiger partial charge in [-0.1, -0.05) is 73.6 Å². The summed E-state index contributed by atoms with van der Waals surface area (Å²) in [6.07, 6.45) is 2.98. The third kappa shape index (κ3) is 5.69. The standard InChI is InChI=1S/C35H35N3O5/c1-21(2)32-30(19-37-43-32)34(40)38-15-14-27-26(23-10-7-11-24(16-23)35(41)42-3)13-12-25(31(27)20-38)18-36-33(39)29-17-28(29)22-8-5-4-6-9-22/h4-13,16,19,21,28-29H,14-15,17-18,20H2,1-3H3,(H,36,39). The number of hydrogen-bond acceptors (Lipinski definition) is 6. The van der Waals surface area contributed by atoms with Crippen molar-refractivity contribution in [3.05, 3.63) is 112 Å². The van der Waals surface area contributed by atoms with E-state index in [1.165, 1.54) is 18.9 Å². The molecule has 6 rings (SSSR count). The Balaban J connectivity index is 1.29. The monoisotopic (exact) mass is 577 g/mol. The Morgan fingerprint density at radius 1 is 1.05 bits per heavy atom. The summed E-state index contributed by atoms with van der Waals surface area (Å²) in [6, 6.07) is 21.6. The maximum absolute atomic E-state index is 13.7. The molecule has 2 aliphatic rings. The van der Waals surface area contributed by atoms with Gasteiger partial charge in [0.25, 0.3) is 5.91 Å². The molecule has 1 N–H and O–H groups in total. The first kappa shape index (κ1) is 28.4. The maximum Gasteiger partial charge on any atom is 0.337 e. The van der Waals surface area contributed by atoms with Crippen molar-refractivity contribution in [2.24, 2.45) is 5.92 Å². The lowest BCUT2D eigenvalue weighted by molar-refractivity contribution is -0.122. The highest BCUT2D eigenvalue weighted by Gasteiger charge is 2.43. The van der Waals surface area contributed by atoms with Crippen molar-refractivity contribution in [2.75, 3.05) is 13.7 Å². The lowest BCUT2D eigenvalue weighted by Crippen LogP contribution is -2.37. The van der Waals surface area contributed by atoms with Crippen LogP contribution in [0.2, 0.25) is 0 Å². The summed E-state index contributed by atoms with van der Waals surface area (Å²) in [6.45, 7) is 5.23. The Morgan fingerprint density at radius 2 is 1.86 bits per heavy atom. The number of benzene rings is 3. The number of ether oxygens (including phenoxy) is 1. The minimum Gasteiger partial charge on any atom is -0.465 e. The second-order valence-corrected chi connectivity index (χ2v) is 11.6. The van der Waals surface area contributed by atoms with Crippen LogP contribution in [-0.4, -0.2) is 41.5 Å². The smallest absolute Gasteiger partial charge is 0.337 e. The van der Waals surface area contributed by atoms with Crippen molar-refractivity contribution in [1.29, 1.82) is 0 Å². The SMILES string of the molecule is COC(=O)c1cccc(-c2ccc(CNC(=O)C3CC3c3ccccc3)c3c2CCN(C(=O)c2cnoc2C(C)C)C3)c1. The van der Waals surface area contributed by atoms with E-state index in [9.17, 15) is 14.4 Å². The fraction of sp³-hybridized carbons (Fsp3) is 0.314. The predicted molar refractivity (Wildman–Crippen MR) is 161 cm³/mol. The largest absolute Gasteiger partial charge is 0.465 e. The molecule has 1 saturated carbocycles. The van der Waals surface area contributed by atoms with Crippen LogP contribution in [0, 0.1) is 5.92 Å². The molecule has 1 aromatic heterocycles. The van der Waals surface area contributed by atoms with E-state index in [1.807, 2.05) is 61.2 Å². The van der Waals surface area contributed by atoms with Gasteiger partial charge in [0.2, 0.25) is 5.91 Å². The molecule has 4 aromatic rings. The summed E-state index contributed by atoms with van der Waals surface area (Å²) in [5.41, 5.74) is 7.16. The van der Waals surface area contributed by atoms with Gasteiger partial charge in [-0.25, -0.2) is 4.79 Å². The van der Waals surface area contributed by atoms with Crippen LogP contribution in [0.1, 0.15) is 80.8 Å². The van der Waals surface area contributed by atoms with Crippen molar-refractivity contribution in [2.45, 2.75) is 51.6 Å². The van der Waals surface area contributed by atoms with Gasteiger partial charge in [0.1, 0.15) is 5.56 Å². The highest BCUT2D eigenvalue weighted by molar-refractivity contribution is 5.95.